The van der Waals surface area contributed by atoms with Gasteiger partial charge in [-0.15, -0.1) is 0 Å². The normalized spacial score (nSPS) is 24.8. The highest BCUT2D eigenvalue weighted by Gasteiger charge is 2.20. The highest BCUT2D eigenvalue weighted by molar-refractivity contribution is 5.17. The van der Waals surface area contributed by atoms with Crippen molar-refractivity contribution >= 4 is 6.20 Å². The van der Waals surface area contributed by atoms with Gasteiger partial charge >= 0.3 is 0 Å². The molecule has 0 radical (unpaired) electrons. The predicted molar refractivity (Wildman–Crippen MR) is 71.5 cm³/mol. The maximum absolute atomic E-state index is 4.19. The second kappa shape index (κ2) is 6.01. The van der Waals surface area contributed by atoms with Crippen molar-refractivity contribution in [2.45, 2.75) is 51.6 Å². The minimum absolute atomic E-state index is 0.695. The van der Waals surface area contributed by atoms with Crippen molar-refractivity contribution < 1.29 is 0 Å². The molecule has 1 heterocycles. The summed E-state index contributed by atoms with van der Waals surface area (Å²) in [5, 5.41) is 7.84. The molecule has 0 aromatic carbocycles. The highest BCUT2D eigenvalue weighted by atomic mass is 15.2. The molecule has 1 N–H and O–H groups in total. The molecule has 1 saturated carbocycles. The van der Waals surface area contributed by atoms with Gasteiger partial charge in [0.2, 0.25) is 0 Å². The maximum atomic E-state index is 4.19. The summed E-state index contributed by atoms with van der Waals surface area (Å²) in [6.07, 6.45) is 12.4. The quantitative estimate of drug-likeness (QED) is 0.847. The van der Waals surface area contributed by atoms with Crippen LogP contribution in [0.1, 0.15) is 44.6 Å². The van der Waals surface area contributed by atoms with Gasteiger partial charge in [-0.05, 0) is 18.8 Å². The van der Waals surface area contributed by atoms with Crippen LogP contribution < -0.4 is 5.32 Å². The van der Waals surface area contributed by atoms with Crippen LogP contribution in [0.15, 0.2) is 19.0 Å². The molecule has 2 rings (SSSR count). The van der Waals surface area contributed by atoms with Crippen molar-refractivity contribution in [2.75, 3.05) is 0 Å². The molecule has 2 atom stereocenters. The molecular formula is C14H23N3. The lowest BCUT2D eigenvalue weighted by Gasteiger charge is -2.29. The molecule has 94 valence electrons. The fourth-order valence-corrected chi connectivity index (χ4v) is 2.68. The fraction of sp³-hybridized carbons (Fsp3) is 0.643. The zero-order valence-corrected chi connectivity index (χ0v) is 10.7. The van der Waals surface area contributed by atoms with E-state index in [0.717, 1.165) is 12.5 Å². The number of nitrogens with one attached hydrogen (secondary N) is 1. The Morgan fingerprint density at radius 3 is 3.18 bits per heavy atom. The number of nitrogens with zero attached hydrogens (tertiary/aromatic N) is 2. The lowest BCUT2D eigenvalue weighted by molar-refractivity contribution is 0.278. The summed E-state index contributed by atoms with van der Waals surface area (Å²) in [5.74, 6) is 0.928. The van der Waals surface area contributed by atoms with E-state index < -0.39 is 0 Å². The van der Waals surface area contributed by atoms with Crippen LogP contribution in [0, 0.1) is 5.92 Å². The molecule has 17 heavy (non-hydrogen) atoms. The predicted octanol–water partition coefficient (Wildman–Crippen LogP) is 3.04. The minimum Gasteiger partial charge on any atom is -0.310 e. The van der Waals surface area contributed by atoms with Crippen molar-refractivity contribution in [3.8, 4) is 0 Å². The second-order valence-corrected chi connectivity index (χ2v) is 5.03. The number of hydrogen-bond acceptors (Lipinski definition) is 2. The third-order valence-corrected chi connectivity index (χ3v) is 3.80. The van der Waals surface area contributed by atoms with Crippen molar-refractivity contribution in [1.82, 2.24) is 15.1 Å². The molecule has 1 fully saturated rings. The van der Waals surface area contributed by atoms with Crippen molar-refractivity contribution in [3.05, 3.63) is 24.5 Å². The molecular weight excluding hydrogens is 210 g/mol. The van der Waals surface area contributed by atoms with E-state index >= 15 is 0 Å². The molecule has 1 aliphatic carbocycles. The SMILES string of the molecule is C=Cn1cc(CNC2CCCC(CC)C2)cn1. The third kappa shape index (κ3) is 3.43. The van der Waals surface area contributed by atoms with E-state index in [1.165, 1.54) is 37.7 Å². The molecule has 0 aliphatic heterocycles. The first kappa shape index (κ1) is 12.4. The van der Waals surface area contributed by atoms with E-state index in [-0.39, 0.29) is 0 Å². The molecule has 3 heteroatoms. The van der Waals surface area contributed by atoms with Crippen LogP contribution in [0.25, 0.3) is 6.20 Å². The highest BCUT2D eigenvalue weighted by Crippen LogP contribution is 2.26. The van der Waals surface area contributed by atoms with E-state index in [2.05, 4.69) is 23.9 Å². The molecule has 0 amide bonds. The van der Waals surface area contributed by atoms with Crippen LogP contribution in [0.4, 0.5) is 0 Å². The summed E-state index contributed by atoms with van der Waals surface area (Å²) >= 11 is 0. The summed E-state index contributed by atoms with van der Waals surface area (Å²) < 4.78 is 1.76. The van der Waals surface area contributed by atoms with Crippen LogP contribution in [0.2, 0.25) is 0 Å². The second-order valence-electron chi connectivity index (χ2n) is 5.03. The van der Waals surface area contributed by atoms with Crippen LogP contribution in [-0.4, -0.2) is 15.8 Å². The van der Waals surface area contributed by atoms with E-state index in [4.69, 9.17) is 0 Å². The average Bonchev–Trinajstić information content (AvgIpc) is 2.84. The van der Waals surface area contributed by atoms with Crippen LogP contribution in [-0.2, 0) is 6.54 Å². The third-order valence-electron chi connectivity index (χ3n) is 3.80. The molecule has 3 nitrogen and oxygen atoms in total. The molecule has 1 aromatic rings. The Morgan fingerprint density at radius 2 is 2.47 bits per heavy atom. The van der Waals surface area contributed by atoms with Gasteiger partial charge < -0.3 is 5.32 Å². The van der Waals surface area contributed by atoms with Crippen LogP contribution in [0.5, 0.6) is 0 Å². The Kier molecular flexibility index (Phi) is 4.37. The first-order valence-electron chi connectivity index (χ1n) is 6.70. The van der Waals surface area contributed by atoms with E-state index in [9.17, 15) is 0 Å². The van der Waals surface area contributed by atoms with E-state index in [1.54, 1.807) is 10.9 Å². The molecule has 1 aromatic heterocycles. The number of aromatic nitrogens is 2. The Morgan fingerprint density at radius 1 is 1.59 bits per heavy atom. The summed E-state index contributed by atoms with van der Waals surface area (Å²) in [7, 11) is 0. The lowest BCUT2D eigenvalue weighted by atomic mass is 9.84. The van der Waals surface area contributed by atoms with E-state index in [0.29, 0.717) is 6.04 Å². The average molecular weight is 233 g/mol. The Hall–Kier alpha value is -1.09. The number of rotatable bonds is 5. The van der Waals surface area contributed by atoms with Crippen molar-refractivity contribution in [2.24, 2.45) is 5.92 Å². The first-order valence-corrected chi connectivity index (χ1v) is 6.70. The Labute approximate surface area is 104 Å². The van der Waals surface area contributed by atoms with E-state index in [1.807, 2.05) is 12.4 Å². The largest absolute Gasteiger partial charge is 0.310 e. The maximum Gasteiger partial charge on any atom is 0.0538 e. The summed E-state index contributed by atoms with van der Waals surface area (Å²) in [5.41, 5.74) is 1.24. The van der Waals surface area contributed by atoms with Gasteiger partial charge in [-0.1, -0.05) is 32.8 Å². The Bertz CT molecular complexity index is 356. The zero-order chi connectivity index (χ0) is 12.1. The van der Waals surface area contributed by atoms with Crippen molar-refractivity contribution in [3.63, 3.8) is 0 Å². The van der Waals surface area contributed by atoms with Gasteiger partial charge in [-0.3, -0.25) is 0 Å². The van der Waals surface area contributed by atoms with Gasteiger partial charge in [0.15, 0.2) is 0 Å². The van der Waals surface area contributed by atoms with Crippen LogP contribution in [0.3, 0.4) is 0 Å². The van der Waals surface area contributed by atoms with Crippen LogP contribution >= 0.6 is 0 Å². The molecule has 0 spiro atoms. The topological polar surface area (TPSA) is 29.9 Å². The summed E-state index contributed by atoms with van der Waals surface area (Å²) in [6.45, 7) is 6.93. The molecule has 0 bridgehead atoms. The smallest absolute Gasteiger partial charge is 0.0538 e. The lowest BCUT2D eigenvalue weighted by Crippen LogP contribution is -2.33. The standard InChI is InChI=1S/C14H23N3/c1-3-12-6-5-7-14(8-12)15-9-13-10-16-17(4-2)11-13/h4,10-12,14-15H,2-3,5-9H2,1H3. The molecule has 1 aliphatic rings. The van der Waals surface area contributed by atoms with Gasteiger partial charge in [-0.2, -0.15) is 5.10 Å². The molecule has 0 saturated heterocycles. The monoisotopic (exact) mass is 233 g/mol. The van der Waals surface area contributed by atoms with Gasteiger partial charge in [0.25, 0.3) is 0 Å². The fourth-order valence-electron chi connectivity index (χ4n) is 2.68. The number of hydrogen-bond donors (Lipinski definition) is 1. The van der Waals surface area contributed by atoms with Crippen molar-refractivity contribution in [1.29, 1.82) is 0 Å². The Balaban J connectivity index is 1.79. The summed E-state index contributed by atoms with van der Waals surface area (Å²) in [4.78, 5) is 0. The van der Waals surface area contributed by atoms with Gasteiger partial charge in [0.1, 0.15) is 0 Å². The summed E-state index contributed by atoms with van der Waals surface area (Å²) in [6, 6.07) is 0.695. The zero-order valence-electron chi connectivity index (χ0n) is 10.7. The van der Waals surface area contributed by atoms with Gasteiger partial charge in [0.05, 0.1) is 6.20 Å². The van der Waals surface area contributed by atoms with Gasteiger partial charge in [0, 0.05) is 30.5 Å². The van der Waals surface area contributed by atoms with Gasteiger partial charge in [-0.25, -0.2) is 4.68 Å². The minimum atomic E-state index is 0.695. The molecule has 2 unspecified atom stereocenters. The first-order chi connectivity index (χ1) is 8.31.